The van der Waals surface area contributed by atoms with Crippen LogP contribution in [0.15, 0.2) is 30.3 Å². The number of likely N-dealkylation sites (tertiary alicyclic amines) is 1. The van der Waals surface area contributed by atoms with Crippen LogP contribution in [-0.2, 0) is 22.9 Å². The van der Waals surface area contributed by atoms with E-state index >= 15 is 0 Å². The molecule has 1 amide bonds. The number of carbonyl (C=O) groups excluding carboxylic acids is 1. The highest BCUT2D eigenvalue weighted by Gasteiger charge is 2.47. The molecule has 0 unspecified atom stereocenters. The first-order valence-corrected chi connectivity index (χ1v) is 12.6. The lowest BCUT2D eigenvalue weighted by Crippen LogP contribution is -2.29. The van der Waals surface area contributed by atoms with Gasteiger partial charge in [0, 0.05) is 20.0 Å². The van der Waals surface area contributed by atoms with Crippen molar-refractivity contribution >= 4 is 13.7 Å². The predicted octanol–water partition coefficient (Wildman–Crippen LogP) is 5.60. The lowest BCUT2D eigenvalue weighted by Gasteiger charge is -2.30. The molecule has 1 fully saturated rings. The summed E-state index contributed by atoms with van der Waals surface area (Å²) in [6, 6.07) is 9.36. The van der Waals surface area contributed by atoms with Crippen molar-refractivity contribution in [1.29, 1.82) is 0 Å². The Labute approximate surface area is 187 Å². The first-order chi connectivity index (χ1) is 14.7. The normalized spacial score (nSPS) is 20.3. The van der Waals surface area contributed by atoms with Crippen molar-refractivity contribution in [3.8, 4) is 11.8 Å². The molecule has 0 saturated carbocycles. The van der Waals surface area contributed by atoms with Gasteiger partial charge in [0.2, 0.25) is 5.91 Å². The van der Waals surface area contributed by atoms with E-state index in [0.29, 0.717) is 6.54 Å². The van der Waals surface area contributed by atoms with Gasteiger partial charge in [-0.1, -0.05) is 49.6 Å². The van der Waals surface area contributed by atoms with Gasteiger partial charge in [-0.3, -0.25) is 18.4 Å². The fourth-order valence-electron chi connectivity index (χ4n) is 3.58. The maximum absolute atomic E-state index is 13.5. The molecule has 7 heteroatoms. The van der Waals surface area contributed by atoms with E-state index in [2.05, 4.69) is 18.8 Å². The van der Waals surface area contributed by atoms with E-state index in [0.717, 1.165) is 24.8 Å². The number of nitrogens with zero attached hydrogens (tertiary/aromatic N) is 1. The van der Waals surface area contributed by atoms with Gasteiger partial charge in [0.25, 0.3) is 0 Å². The first-order valence-electron chi connectivity index (χ1n) is 11.1. The minimum Gasteiger partial charge on any atom is -0.344 e. The second kappa shape index (κ2) is 11.8. The molecule has 0 aromatic heterocycles. The Morgan fingerprint density at radius 3 is 2.26 bits per heavy atom. The highest BCUT2D eigenvalue weighted by Crippen LogP contribution is 2.57. The van der Waals surface area contributed by atoms with Crippen LogP contribution in [0.5, 0.6) is 0 Å². The topological polar surface area (TPSA) is 65.1 Å². The van der Waals surface area contributed by atoms with Crippen LogP contribution in [0.1, 0.15) is 65.5 Å². The summed E-state index contributed by atoms with van der Waals surface area (Å²) in [7, 11) is -2.17. The van der Waals surface area contributed by atoms with Crippen molar-refractivity contribution in [2.75, 3.05) is 13.6 Å². The molecule has 1 heterocycles. The third-order valence-electron chi connectivity index (χ3n) is 4.88. The smallest absolute Gasteiger partial charge is 0.344 e. The van der Waals surface area contributed by atoms with E-state index in [1.54, 1.807) is 39.6 Å². The number of rotatable bonds is 10. The van der Waals surface area contributed by atoms with Crippen LogP contribution in [0.4, 0.5) is 0 Å². The Morgan fingerprint density at radius 1 is 1.10 bits per heavy atom. The number of amides is 1. The van der Waals surface area contributed by atoms with E-state index in [4.69, 9.17) is 13.6 Å². The summed E-state index contributed by atoms with van der Waals surface area (Å²) >= 11 is 0. The Morgan fingerprint density at radius 2 is 1.71 bits per heavy atom. The van der Waals surface area contributed by atoms with Crippen molar-refractivity contribution in [1.82, 2.24) is 4.90 Å². The lowest BCUT2D eigenvalue weighted by molar-refractivity contribution is -0.133. The number of hydrogen-bond acceptors (Lipinski definition) is 5. The van der Waals surface area contributed by atoms with Crippen molar-refractivity contribution in [2.24, 2.45) is 11.8 Å². The zero-order chi connectivity index (χ0) is 23.0. The van der Waals surface area contributed by atoms with Gasteiger partial charge in [-0.15, -0.1) is 5.92 Å². The number of phosphoric acid groups is 1. The Balaban J connectivity index is 2.45. The molecule has 0 spiro atoms. The van der Waals surface area contributed by atoms with Crippen molar-refractivity contribution in [3.05, 3.63) is 35.9 Å². The largest absolute Gasteiger partial charge is 0.475 e. The van der Waals surface area contributed by atoms with Gasteiger partial charge in [-0.05, 0) is 39.7 Å². The summed E-state index contributed by atoms with van der Waals surface area (Å²) in [5.74, 6) is 5.59. The van der Waals surface area contributed by atoms with Crippen LogP contribution < -0.4 is 0 Å². The van der Waals surface area contributed by atoms with Crippen molar-refractivity contribution < 1.29 is 22.9 Å². The van der Waals surface area contributed by atoms with Gasteiger partial charge in [0.05, 0.1) is 24.0 Å². The third-order valence-corrected chi connectivity index (χ3v) is 6.73. The lowest BCUT2D eigenvalue weighted by atomic mass is 9.87. The molecule has 172 valence electrons. The average Bonchev–Trinajstić information content (AvgIpc) is 2.96. The van der Waals surface area contributed by atoms with Gasteiger partial charge in [0.1, 0.15) is 6.10 Å². The van der Waals surface area contributed by atoms with E-state index in [9.17, 15) is 9.36 Å². The molecule has 31 heavy (non-hydrogen) atoms. The summed E-state index contributed by atoms with van der Waals surface area (Å²) in [5.41, 5.74) is 0.747. The number of phosphoric ester groups is 1. The van der Waals surface area contributed by atoms with E-state index in [1.807, 2.05) is 30.3 Å². The Kier molecular flexibility index (Phi) is 9.78. The van der Waals surface area contributed by atoms with Gasteiger partial charge in [-0.2, -0.15) is 0 Å². The molecule has 3 atom stereocenters. The summed E-state index contributed by atoms with van der Waals surface area (Å²) in [6.45, 7) is 9.72. The summed E-state index contributed by atoms with van der Waals surface area (Å²) < 4.78 is 30.9. The molecule has 0 bridgehead atoms. The van der Waals surface area contributed by atoms with Crippen molar-refractivity contribution in [2.45, 2.75) is 72.2 Å². The molecule has 1 aromatic carbocycles. The molecule has 1 aliphatic rings. The summed E-state index contributed by atoms with van der Waals surface area (Å²) in [5, 5.41) is 0. The fraction of sp³-hybridized carbons (Fsp3) is 0.625. The van der Waals surface area contributed by atoms with Crippen molar-refractivity contribution in [3.63, 3.8) is 0 Å². The second-order valence-corrected chi connectivity index (χ2v) is 9.99. The summed E-state index contributed by atoms with van der Waals surface area (Å²) in [6.07, 6.45) is 1.35. The molecule has 6 nitrogen and oxygen atoms in total. The van der Waals surface area contributed by atoms with Crippen LogP contribution in [0.25, 0.3) is 0 Å². The SMILES string of the molecule is CCCCC#C[C@@H]1CN(C)C(=O)[C@H]1[C@@H](OP(=O)(OC(C)C)OC(C)C)c1ccccc1. The van der Waals surface area contributed by atoms with Crippen LogP contribution in [0.2, 0.25) is 0 Å². The Bertz CT molecular complexity index is 800. The molecular weight excluding hydrogens is 413 g/mol. The molecule has 1 aromatic rings. The number of benzene rings is 1. The summed E-state index contributed by atoms with van der Waals surface area (Å²) in [4.78, 5) is 14.8. The molecule has 0 radical (unpaired) electrons. The molecule has 2 rings (SSSR count). The van der Waals surface area contributed by atoms with E-state index < -0.39 is 19.8 Å². The van der Waals surface area contributed by atoms with Gasteiger partial charge >= 0.3 is 7.82 Å². The van der Waals surface area contributed by atoms with E-state index in [-0.39, 0.29) is 24.0 Å². The maximum Gasteiger partial charge on any atom is 0.475 e. The number of carbonyl (C=O) groups is 1. The molecule has 1 saturated heterocycles. The average molecular weight is 450 g/mol. The van der Waals surface area contributed by atoms with Crippen LogP contribution in [-0.4, -0.2) is 36.6 Å². The predicted molar refractivity (Wildman–Crippen MR) is 122 cm³/mol. The monoisotopic (exact) mass is 449 g/mol. The third kappa shape index (κ3) is 7.47. The minimum absolute atomic E-state index is 0.0794. The van der Waals surface area contributed by atoms with E-state index in [1.165, 1.54) is 0 Å². The molecular formula is C24H36NO5P. The van der Waals surface area contributed by atoms with Crippen LogP contribution in [0, 0.1) is 23.7 Å². The molecule has 0 aliphatic carbocycles. The highest BCUT2D eigenvalue weighted by molar-refractivity contribution is 7.48. The zero-order valence-electron chi connectivity index (χ0n) is 19.5. The first kappa shape index (κ1) is 25.6. The number of hydrogen-bond donors (Lipinski definition) is 0. The molecule has 1 aliphatic heterocycles. The van der Waals surface area contributed by atoms with Gasteiger partial charge in [0.15, 0.2) is 0 Å². The number of unbranched alkanes of at least 4 members (excludes halogenated alkanes) is 2. The fourth-order valence-corrected chi connectivity index (χ4v) is 5.29. The second-order valence-electron chi connectivity index (χ2n) is 8.47. The van der Waals surface area contributed by atoms with Crippen LogP contribution in [0.3, 0.4) is 0 Å². The highest BCUT2D eigenvalue weighted by atomic mass is 31.2. The zero-order valence-corrected chi connectivity index (χ0v) is 20.4. The van der Waals surface area contributed by atoms with Gasteiger partial charge in [-0.25, -0.2) is 4.57 Å². The van der Waals surface area contributed by atoms with Crippen LogP contribution >= 0.6 is 7.82 Å². The molecule has 0 N–H and O–H groups in total. The Hall–Kier alpha value is -1.64. The quantitative estimate of drug-likeness (QED) is 0.264. The van der Waals surface area contributed by atoms with Gasteiger partial charge < -0.3 is 4.90 Å². The standard InChI is InChI=1S/C24H36NO5P/c1-7-8-9-11-16-21-17-25(6)24(26)22(21)23(20-14-12-10-13-15-20)30-31(27,28-18(2)3)29-19(4)5/h10,12-15,18-19,21-23H,7-9,17H2,1-6H3/t21-,22-,23+/m1/s1. The maximum atomic E-state index is 13.5. The minimum atomic E-state index is -3.93.